The highest BCUT2D eigenvalue weighted by Crippen LogP contribution is 1.96. The average molecular weight is 192 g/mol. The molecule has 1 unspecified atom stereocenters. The van der Waals surface area contributed by atoms with E-state index in [1.807, 2.05) is 0 Å². The van der Waals surface area contributed by atoms with E-state index in [9.17, 15) is 14.4 Å². The fourth-order valence-corrected chi connectivity index (χ4v) is 0.546. The first-order valence-corrected chi connectivity index (χ1v) is 3.28. The third-order valence-electron chi connectivity index (χ3n) is 0.960. The molecule has 0 aliphatic heterocycles. The first kappa shape index (κ1) is 11.4. The topological polar surface area (TPSA) is 110 Å². The first-order chi connectivity index (χ1) is 5.99. The SMILES string of the molecule is CCOC(C(=O)O)C(=O)OC(=O)O. The van der Waals surface area contributed by atoms with Crippen LogP contribution in [-0.2, 0) is 19.1 Å². The highest BCUT2D eigenvalue weighted by molar-refractivity contribution is 6.00. The first-order valence-electron chi connectivity index (χ1n) is 3.28. The van der Waals surface area contributed by atoms with Crippen molar-refractivity contribution in [2.45, 2.75) is 13.0 Å². The summed E-state index contributed by atoms with van der Waals surface area (Å²) >= 11 is 0. The summed E-state index contributed by atoms with van der Waals surface area (Å²) in [7, 11) is 0. The van der Waals surface area contributed by atoms with Crippen molar-refractivity contribution in [1.82, 2.24) is 0 Å². The fourth-order valence-electron chi connectivity index (χ4n) is 0.546. The lowest BCUT2D eigenvalue weighted by atomic mass is 10.4. The van der Waals surface area contributed by atoms with Crippen molar-refractivity contribution >= 4 is 18.1 Å². The van der Waals surface area contributed by atoms with Crippen LogP contribution in [0, 0.1) is 0 Å². The predicted octanol–water partition coefficient (Wildman–Crippen LogP) is -0.303. The number of rotatable bonds is 4. The zero-order chi connectivity index (χ0) is 10.4. The maximum Gasteiger partial charge on any atom is 0.513 e. The molecule has 0 heterocycles. The Balaban J connectivity index is 4.28. The monoisotopic (exact) mass is 192 g/mol. The van der Waals surface area contributed by atoms with Crippen LogP contribution in [0.5, 0.6) is 0 Å². The quantitative estimate of drug-likeness (QED) is 0.464. The van der Waals surface area contributed by atoms with E-state index in [1.54, 1.807) is 0 Å². The number of hydrogen-bond acceptors (Lipinski definition) is 5. The van der Waals surface area contributed by atoms with Crippen LogP contribution >= 0.6 is 0 Å². The summed E-state index contributed by atoms with van der Waals surface area (Å²) in [6, 6.07) is 0. The van der Waals surface area contributed by atoms with Gasteiger partial charge in [-0.1, -0.05) is 0 Å². The summed E-state index contributed by atoms with van der Waals surface area (Å²) in [6.45, 7) is 1.43. The number of esters is 1. The van der Waals surface area contributed by atoms with Gasteiger partial charge in [0, 0.05) is 6.61 Å². The van der Waals surface area contributed by atoms with E-state index in [-0.39, 0.29) is 6.61 Å². The lowest BCUT2D eigenvalue weighted by Crippen LogP contribution is -2.35. The molecule has 0 fully saturated rings. The molecule has 0 rings (SSSR count). The molecule has 0 aliphatic carbocycles. The average Bonchev–Trinajstić information content (AvgIpc) is 1.97. The van der Waals surface area contributed by atoms with Gasteiger partial charge in [0.25, 0.3) is 6.10 Å². The Bertz CT molecular complexity index is 221. The number of carboxylic acid groups (broad SMARTS) is 2. The van der Waals surface area contributed by atoms with Crippen LogP contribution < -0.4 is 0 Å². The van der Waals surface area contributed by atoms with Crippen LogP contribution in [0.1, 0.15) is 6.92 Å². The van der Waals surface area contributed by atoms with E-state index in [0.717, 1.165) is 0 Å². The molecule has 7 heteroatoms. The molecule has 2 N–H and O–H groups in total. The Morgan fingerprint density at radius 3 is 2.15 bits per heavy atom. The minimum Gasteiger partial charge on any atom is -0.479 e. The lowest BCUT2D eigenvalue weighted by Gasteiger charge is -2.08. The number of hydrogen-bond donors (Lipinski definition) is 2. The van der Waals surface area contributed by atoms with Gasteiger partial charge in [-0.15, -0.1) is 0 Å². The van der Waals surface area contributed by atoms with Crippen LogP contribution in [0.2, 0.25) is 0 Å². The van der Waals surface area contributed by atoms with Gasteiger partial charge in [0.05, 0.1) is 0 Å². The molecule has 0 aromatic carbocycles. The van der Waals surface area contributed by atoms with Crippen molar-refractivity contribution in [3.05, 3.63) is 0 Å². The molecule has 0 bridgehead atoms. The number of ether oxygens (including phenoxy) is 2. The van der Waals surface area contributed by atoms with Crippen LogP contribution in [0.15, 0.2) is 0 Å². The Kier molecular flexibility index (Phi) is 4.45. The van der Waals surface area contributed by atoms with Gasteiger partial charge in [0.1, 0.15) is 0 Å². The van der Waals surface area contributed by atoms with E-state index in [0.29, 0.717) is 0 Å². The lowest BCUT2D eigenvalue weighted by molar-refractivity contribution is -0.166. The van der Waals surface area contributed by atoms with Crippen molar-refractivity contribution in [3.8, 4) is 0 Å². The van der Waals surface area contributed by atoms with Crippen LogP contribution in [0.4, 0.5) is 4.79 Å². The van der Waals surface area contributed by atoms with Gasteiger partial charge in [0.15, 0.2) is 0 Å². The van der Waals surface area contributed by atoms with E-state index in [4.69, 9.17) is 10.2 Å². The number of aliphatic carboxylic acids is 1. The summed E-state index contributed by atoms with van der Waals surface area (Å²) in [5.41, 5.74) is 0. The molecular formula is C6H8O7. The van der Waals surface area contributed by atoms with Crippen molar-refractivity contribution in [2.24, 2.45) is 0 Å². The summed E-state index contributed by atoms with van der Waals surface area (Å²) in [6.07, 6.45) is -3.75. The van der Waals surface area contributed by atoms with Crippen molar-refractivity contribution in [3.63, 3.8) is 0 Å². The molecule has 0 aromatic heterocycles. The third kappa shape index (κ3) is 4.06. The maximum atomic E-state index is 10.7. The Hall–Kier alpha value is -1.63. The van der Waals surface area contributed by atoms with E-state index in [1.165, 1.54) is 6.92 Å². The van der Waals surface area contributed by atoms with Gasteiger partial charge < -0.3 is 19.7 Å². The highest BCUT2D eigenvalue weighted by atomic mass is 16.7. The number of carboxylic acids is 1. The van der Waals surface area contributed by atoms with Crippen molar-refractivity contribution < 1.29 is 34.1 Å². The summed E-state index contributed by atoms with van der Waals surface area (Å²) in [4.78, 5) is 30.8. The van der Waals surface area contributed by atoms with Crippen LogP contribution in [0.3, 0.4) is 0 Å². The minimum atomic E-state index is -1.89. The zero-order valence-corrected chi connectivity index (χ0v) is 6.72. The molecule has 0 aromatic rings. The second-order valence-corrected chi connectivity index (χ2v) is 1.86. The molecule has 0 radical (unpaired) electrons. The summed E-state index contributed by atoms with van der Waals surface area (Å²) in [5.74, 6) is -3.05. The third-order valence-corrected chi connectivity index (χ3v) is 0.960. The summed E-state index contributed by atoms with van der Waals surface area (Å²) < 4.78 is 8.03. The Labute approximate surface area is 72.9 Å². The molecule has 74 valence electrons. The maximum absolute atomic E-state index is 10.7. The molecular weight excluding hydrogens is 184 g/mol. The van der Waals surface area contributed by atoms with E-state index >= 15 is 0 Å². The van der Waals surface area contributed by atoms with Gasteiger partial charge in [-0.2, -0.15) is 0 Å². The minimum absolute atomic E-state index is 0.0360. The van der Waals surface area contributed by atoms with Crippen LogP contribution in [-0.4, -0.2) is 41.0 Å². The molecule has 0 aliphatic rings. The largest absolute Gasteiger partial charge is 0.513 e. The van der Waals surface area contributed by atoms with Gasteiger partial charge in [-0.05, 0) is 6.92 Å². The number of carbonyl (C=O) groups excluding carboxylic acids is 1. The fraction of sp³-hybridized carbons (Fsp3) is 0.500. The smallest absolute Gasteiger partial charge is 0.479 e. The van der Waals surface area contributed by atoms with Crippen LogP contribution in [0.25, 0.3) is 0 Å². The Morgan fingerprint density at radius 2 is 1.85 bits per heavy atom. The molecule has 0 spiro atoms. The molecule has 0 saturated carbocycles. The zero-order valence-electron chi connectivity index (χ0n) is 6.72. The molecule has 1 atom stereocenters. The Morgan fingerprint density at radius 1 is 1.31 bits per heavy atom. The number of carbonyl (C=O) groups is 3. The summed E-state index contributed by atoms with van der Waals surface area (Å²) in [5, 5.41) is 16.4. The normalized spacial score (nSPS) is 11.8. The van der Waals surface area contributed by atoms with Gasteiger partial charge in [-0.25, -0.2) is 14.4 Å². The highest BCUT2D eigenvalue weighted by Gasteiger charge is 2.30. The second-order valence-electron chi connectivity index (χ2n) is 1.86. The predicted molar refractivity (Wildman–Crippen MR) is 37.2 cm³/mol. The van der Waals surface area contributed by atoms with E-state index in [2.05, 4.69) is 9.47 Å². The second kappa shape index (κ2) is 5.09. The van der Waals surface area contributed by atoms with Crippen molar-refractivity contribution in [2.75, 3.05) is 6.61 Å². The van der Waals surface area contributed by atoms with Gasteiger partial charge >= 0.3 is 18.1 Å². The van der Waals surface area contributed by atoms with E-state index < -0.39 is 24.2 Å². The molecule has 0 amide bonds. The molecule has 0 saturated heterocycles. The molecule has 7 nitrogen and oxygen atoms in total. The van der Waals surface area contributed by atoms with Crippen molar-refractivity contribution in [1.29, 1.82) is 0 Å². The molecule has 13 heavy (non-hydrogen) atoms. The van der Waals surface area contributed by atoms with Gasteiger partial charge in [-0.3, -0.25) is 0 Å². The standard InChI is InChI=1S/C6H8O7/c1-2-12-3(4(7)8)5(9)13-6(10)11/h3H,2H2,1H3,(H,7,8)(H,10,11). The van der Waals surface area contributed by atoms with Gasteiger partial charge in [0.2, 0.25) is 0 Å².